The van der Waals surface area contributed by atoms with Gasteiger partial charge in [-0.1, -0.05) is 6.58 Å². The van der Waals surface area contributed by atoms with Crippen molar-refractivity contribution in [2.45, 2.75) is 19.4 Å². The van der Waals surface area contributed by atoms with Gasteiger partial charge in [-0.15, -0.1) is 0 Å². The minimum Gasteiger partial charge on any atom is -0.469 e. The first kappa shape index (κ1) is 13.6. The molecule has 5 nitrogen and oxygen atoms in total. The average molecular weight is 280 g/mol. The first-order valence-corrected chi connectivity index (χ1v) is 7.06. The number of fused-ring (bicyclic) bond motifs is 1. The van der Waals surface area contributed by atoms with E-state index in [9.17, 15) is 9.59 Å². The normalized spacial score (nSPS) is 40.7. The zero-order valence-corrected chi connectivity index (χ0v) is 11.8. The molecule has 3 aliphatic rings. The van der Waals surface area contributed by atoms with Crippen molar-refractivity contribution in [3.8, 4) is 0 Å². The third kappa shape index (κ3) is 1.87. The minimum absolute atomic E-state index is 0.0997. The molecule has 0 spiro atoms. The fraction of sp³-hybridized carbons (Fsp3) is 0.733. The Hall–Kier alpha value is -1.36. The van der Waals surface area contributed by atoms with Gasteiger partial charge in [0.2, 0.25) is 0 Å². The number of rotatable bonds is 4. The summed E-state index contributed by atoms with van der Waals surface area (Å²) in [6, 6.07) is 0. The summed E-state index contributed by atoms with van der Waals surface area (Å²) < 4.78 is 16.1. The summed E-state index contributed by atoms with van der Waals surface area (Å²) in [5.74, 6) is 0.383. The highest BCUT2D eigenvalue weighted by molar-refractivity contribution is 5.86. The van der Waals surface area contributed by atoms with Crippen LogP contribution in [0.4, 0.5) is 0 Å². The predicted octanol–water partition coefficient (Wildman–Crippen LogP) is 1.18. The summed E-state index contributed by atoms with van der Waals surface area (Å²) in [4.78, 5) is 23.5. The van der Waals surface area contributed by atoms with Crippen LogP contribution < -0.4 is 0 Å². The summed E-state index contributed by atoms with van der Waals surface area (Å²) in [5, 5.41) is 0. The Morgan fingerprint density at radius 2 is 2.05 bits per heavy atom. The Balaban J connectivity index is 1.72. The summed E-state index contributed by atoms with van der Waals surface area (Å²) in [6.45, 7) is 6.12. The van der Waals surface area contributed by atoms with Gasteiger partial charge in [-0.2, -0.15) is 0 Å². The molecule has 6 atom stereocenters. The Kier molecular flexibility index (Phi) is 3.32. The number of methoxy groups -OCH3 is 1. The maximum absolute atomic E-state index is 12.0. The largest absolute Gasteiger partial charge is 0.469 e. The van der Waals surface area contributed by atoms with Gasteiger partial charge >= 0.3 is 11.9 Å². The van der Waals surface area contributed by atoms with Gasteiger partial charge in [0.15, 0.2) is 0 Å². The van der Waals surface area contributed by atoms with Crippen LogP contribution in [0.15, 0.2) is 12.2 Å². The van der Waals surface area contributed by atoms with E-state index in [0.717, 1.165) is 6.42 Å². The molecular formula is C15H20O5. The molecule has 3 rings (SSSR count). The molecular weight excluding hydrogens is 260 g/mol. The Morgan fingerprint density at radius 3 is 2.70 bits per heavy atom. The molecule has 0 aromatic heterocycles. The summed E-state index contributed by atoms with van der Waals surface area (Å²) in [5.41, 5.74) is 0.392. The van der Waals surface area contributed by atoms with Crippen LogP contribution >= 0.6 is 0 Å². The molecule has 2 aliphatic carbocycles. The lowest BCUT2D eigenvalue weighted by Gasteiger charge is -2.31. The van der Waals surface area contributed by atoms with E-state index < -0.39 is 0 Å². The quantitative estimate of drug-likeness (QED) is 0.571. The molecule has 20 heavy (non-hydrogen) atoms. The van der Waals surface area contributed by atoms with Crippen molar-refractivity contribution in [1.82, 2.24) is 0 Å². The monoisotopic (exact) mass is 280 g/mol. The molecule has 0 amide bonds. The Morgan fingerprint density at radius 1 is 1.30 bits per heavy atom. The maximum Gasteiger partial charge on any atom is 0.333 e. The van der Waals surface area contributed by atoms with Gasteiger partial charge in [0.1, 0.15) is 0 Å². The maximum atomic E-state index is 12.0. The van der Waals surface area contributed by atoms with Gasteiger partial charge in [0.25, 0.3) is 0 Å². The van der Waals surface area contributed by atoms with Crippen molar-refractivity contribution in [2.24, 2.45) is 29.6 Å². The van der Waals surface area contributed by atoms with E-state index in [2.05, 4.69) is 6.58 Å². The number of esters is 2. The predicted molar refractivity (Wildman–Crippen MR) is 69.6 cm³/mol. The molecule has 5 heteroatoms. The highest BCUT2D eigenvalue weighted by Crippen LogP contribution is 2.60. The molecule has 0 aromatic carbocycles. The van der Waals surface area contributed by atoms with E-state index >= 15 is 0 Å². The zero-order chi connectivity index (χ0) is 14.4. The molecule has 2 bridgehead atoms. The third-order valence-corrected chi connectivity index (χ3v) is 5.12. The number of hydrogen-bond donors (Lipinski definition) is 0. The molecule has 0 radical (unpaired) electrons. The van der Waals surface area contributed by atoms with Crippen molar-refractivity contribution >= 4 is 11.9 Å². The first-order valence-electron chi connectivity index (χ1n) is 7.06. The molecule has 1 heterocycles. The van der Waals surface area contributed by atoms with Crippen LogP contribution in [-0.2, 0) is 23.8 Å². The molecule has 3 fully saturated rings. The molecule has 1 saturated heterocycles. The molecule has 0 aromatic rings. The second-order valence-corrected chi connectivity index (χ2v) is 6.12. The molecule has 6 unspecified atom stereocenters. The van der Waals surface area contributed by atoms with E-state index in [1.54, 1.807) is 6.92 Å². The Bertz CT molecular complexity index is 457. The first-order chi connectivity index (χ1) is 9.54. The van der Waals surface area contributed by atoms with E-state index in [0.29, 0.717) is 24.7 Å². The van der Waals surface area contributed by atoms with Crippen LogP contribution in [0.2, 0.25) is 0 Å². The fourth-order valence-electron chi connectivity index (χ4n) is 4.30. The van der Waals surface area contributed by atoms with Gasteiger partial charge in [-0.3, -0.25) is 4.79 Å². The molecule has 110 valence electrons. The number of hydrogen-bond acceptors (Lipinski definition) is 5. The van der Waals surface area contributed by atoms with E-state index in [-0.39, 0.29) is 41.7 Å². The molecule has 2 saturated carbocycles. The smallest absolute Gasteiger partial charge is 0.333 e. The second kappa shape index (κ2) is 4.88. The Labute approximate surface area is 118 Å². The lowest BCUT2D eigenvalue weighted by molar-refractivity contribution is -0.150. The van der Waals surface area contributed by atoms with E-state index in [4.69, 9.17) is 14.2 Å². The van der Waals surface area contributed by atoms with Gasteiger partial charge in [0, 0.05) is 17.4 Å². The second-order valence-electron chi connectivity index (χ2n) is 6.12. The average Bonchev–Trinajstić information content (AvgIpc) is 3.03. The lowest BCUT2D eigenvalue weighted by atomic mass is 9.74. The zero-order valence-electron chi connectivity index (χ0n) is 11.8. The van der Waals surface area contributed by atoms with Crippen LogP contribution in [-0.4, -0.2) is 38.4 Å². The summed E-state index contributed by atoms with van der Waals surface area (Å²) >= 11 is 0. The topological polar surface area (TPSA) is 61.8 Å². The van der Waals surface area contributed by atoms with Crippen LogP contribution in [0.3, 0.4) is 0 Å². The van der Waals surface area contributed by atoms with Crippen molar-refractivity contribution < 1.29 is 23.8 Å². The highest BCUT2D eigenvalue weighted by atomic mass is 16.5. The van der Waals surface area contributed by atoms with Crippen molar-refractivity contribution in [3.63, 3.8) is 0 Å². The van der Waals surface area contributed by atoms with Gasteiger partial charge in [-0.25, -0.2) is 4.79 Å². The standard InChI is InChI=1S/C15H20O5/c1-7(2)14(16)20-6-11-8-4-9-10(5-19-13(9)11)12(8)15(17)18-3/h8-13H,1,4-6H2,2-3H3. The number of carbonyl (C=O) groups excluding carboxylic acids is 2. The third-order valence-electron chi connectivity index (χ3n) is 5.12. The van der Waals surface area contributed by atoms with Crippen molar-refractivity contribution in [2.75, 3.05) is 20.3 Å². The van der Waals surface area contributed by atoms with Gasteiger partial charge < -0.3 is 14.2 Å². The van der Waals surface area contributed by atoms with Crippen molar-refractivity contribution in [3.05, 3.63) is 12.2 Å². The summed E-state index contributed by atoms with van der Waals surface area (Å²) in [6.07, 6.45) is 1.11. The van der Waals surface area contributed by atoms with Crippen LogP contribution in [0.5, 0.6) is 0 Å². The van der Waals surface area contributed by atoms with Gasteiger partial charge in [-0.05, 0) is 25.2 Å². The van der Waals surface area contributed by atoms with E-state index in [1.165, 1.54) is 7.11 Å². The van der Waals surface area contributed by atoms with Crippen LogP contribution in [0.1, 0.15) is 13.3 Å². The highest BCUT2D eigenvalue weighted by Gasteiger charge is 2.64. The SMILES string of the molecule is C=C(C)C(=O)OCC1C2CC3C(COC31)C2C(=O)OC. The van der Waals surface area contributed by atoms with E-state index in [1.807, 2.05) is 0 Å². The van der Waals surface area contributed by atoms with Gasteiger partial charge in [0.05, 0.1) is 32.3 Å². The molecule has 0 N–H and O–H groups in total. The fourth-order valence-corrected chi connectivity index (χ4v) is 4.30. The van der Waals surface area contributed by atoms with Crippen LogP contribution in [0.25, 0.3) is 0 Å². The van der Waals surface area contributed by atoms with Crippen LogP contribution in [0, 0.1) is 29.6 Å². The molecule has 1 aliphatic heterocycles. The van der Waals surface area contributed by atoms with Crippen molar-refractivity contribution in [1.29, 1.82) is 0 Å². The number of ether oxygens (including phenoxy) is 3. The summed E-state index contributed by atoms with van der Waals surface area (Å²) in [7, 11) is 1.43. The lowest BCUT2D eigenvalue weighted by Crippen LogP contribution is -2.39. The number of carbonyl (C=O) groups is 2. The minimum atomic E-state index is -0.378.